The molecular weight excluding hydrogens is 248 g/mol. The summed E-state index contributed by atoms with van der Waals surface area (Å²) in [5.74, 6) is 4.20. The van der Waals surface area contributed by atoms with Crippen LogP contribution in [0.1, 0.15) is 28.6 Å². The van der Waals surface area contributed by atoms with Crippen LogP contribution >= 0.6 is 0 Å². The maximum Gasteiger partial charge on any atom is 0.134 e. The molecule has 5 heteroatoms. The third kappa shape index (κ3) is 2.62. The number of hydrogen-bond donors (Lipinski definition) is 2. The first-order valence-corrected chi connectivity index (χ1v) is 5.88. The van der Waals surface area contributed by atoms with Crippen molar-refractivity contribution in [2.75, 3.05) is 0 Å². The molecule has 0 saturated carbocycles. The highest BCUT2D eigenvalue weighted by molar-refractivity contribution is 5.34. The van der Waals surface area contributed by atoms with Crippen molar-refractivity contribution >= 4 is 0 Å². The van der Waals surface area contributed by atoms with Gasteiger partial charge in [0.2, 0.25) is 0 Å². The third-order valence-electron chi connectivity index (χ3n) is 2.98. The summed E-state index contributed by atoms with van der Waals surface area (Å²) in [6.45, 7) is 3.38. The largest absolute Gasteiger partial charge is 0.271 e. The summed E-state index contributed by atoms with van der Waals surface area (Å²) in [6.07, 6.45) is 0. The molecule has 2 aromatic rings. The number of nitrogens with one attached hydrogen (secondary N) is 1. The molecule has 0 bridgehead atoms. The first kappa shape index (κ1) is 13.6. The number of aromatic nitrogens is 1. The van der Waals surface area contributed by atoms with Crippen LogP contribution in [0.15, 0.2) is 30.3 Å². The summed E-state index contributed by atoms with van der Waals surface area (Å²) < 4.78 is 28.0. The topological polar surface area (TPSA) is 50.9 Å². The van der Waals surface area contributed by atoms with Gasteiger partial charge in [0.1, 0.15) is 11.6 Å². The molecule has 3 N–H and O–H groups in total. The average molecular weight is 263 g/mol. The molecule has 2 rings (SSSR count). The summed E-state index contributed by atoms with van der Waals surface area (Å²) in [5.41, 5.74) is 3.92. The van der Waals surface area contributed by atoms with Crippen LogP contribution in [0.3, 0.4) is 0 Å². The van der Waals surface area contributed by atoms with E-state index in [1.54, 1.807) is 32.0 Å². The number of hydrogen-bond acceptors (Lipinski definition) is 3. The minimum Gasteiger partial charge on any atom is -0.271 e. The highest BCUT2D eigenvalue weighted by atomic mass is 19.1. The summed E-state index contributed by atoms with van der Waals surface area (Å²) in [6, 6.07) is 7.06. The fraction of sp³-hybridized carbons (Fsp3) is 0.214. The van der Waals surface area contributed by atoms with Gasteiger partial charge in [-0.2, -0.15) is 0 Å². The number of nitrogens with zero attached hydrogens (tertiary/aromatic N) is 1. The van der Waals surface area contributed by atoms with Gasteiger partial charge < -0.3 is 0 Å². The van der Waals surface area contributed by atoms with Crippen LogP contribution in [-0.4, -0.2) is 4.98 Å². The molecule has 0 fully saturated rings. The van der Waals surface area contributed by atoms with Crippen molar-refractivity contribution in [3.8, 4) is 0 Å². The second kappa shape index (κ2) is 5.42. The van der Waals surface area contributed by atoms with E-state index in [1.807, 2.05) is 0 Å². The Morgan fingerprint density at radius 2 is 1.89 bits per heavy atom. The monoisotopic (exact) mass is 263 g/mol. The standard InChI is InChI=1S/C14H15F2N3/c1-8-6-7-10(15)12(13(8)16)14(19-17)11-5-3-4-9(2)18-11/h3-7,14,19H,17H2,1-2H3. The van der Waals surface area contributed by atoms with E-state index in [2.05, 4.69) is 10.4 Å². The van der Waals surface area contributed by atoms with Gasteiger partial charge in [-0.25, -0.2) is 14.2 Å². The van der Waals surface area contributed by atoms with E-state index in [4.69, 9.17) is 5.84 Å². The van der Waals surface area contributed by atoms with E-state index >= 15 is 0 Å². The Morgan fingerprint density at radius 3 is 2.53 bits per heavy atom. The average Bonchev–Trinajstić information content (AvgIpc) is 2.39. The molecule has 0 amide bonds. The van der Waals surface area contributed by atoms with E-state index in [9.17, 15) is 8.78 Å². The Balaban J connectivity index is 2.57. The Labute approximate surface area is 110 Å². The van der Waals surface area contributed by atoms with E-state index in [-0.39, 0.29) is 5.56 Å². The van der Waals surface area contributed by atoms with Crippen LogP contribution in [0.25, 0.3) is 0 Å². The minimum absolute atomic E-state index is 0.111. The molecule has 1 heterocycles. The van der Waals surface area contributed by atoms with Crippen LogP contribution in [0.5, 0.6) is 0 Å². The molecule has 0 aliphatic heterocycles. The van der Waals surface area contributed by atoms with Crippen LogP contribution < -0.4 is 11.3 Å². The van der Waals surface area contributed by atoms with Gasteiger partial charge in [0.25, 0.3) is 0 Å². The molecule has 0 aliphatic carbocycles. The van der Waals surface area contributed by atoms with E-state index in [1.165, 1.54) is 12.1 Å². The molecule has 0 spiro atoms. The van der Waals surface area contributed by atoms with Crippen molar-refractivity contribution in [2.45, 2.75) is 19.9 Å². The number of rotatable bonds is 3. The fourth-order valence-electron chi connectivity index (χ4n) is 1.98. The lowest BCUT2D eigenvalue weighted by Crippen LogP contribution is -2.31. The molecular formula is C14H15F2N3. The number of nitrogens with two attached hydrogens (primary N) is 1. The number of pyridine rings is 1. The second-order valence-electron chi connectivity index (χ2n) is 4.40. The molecule has 1 unspecified atom stereocenters. The van der Waals surface area contributed by atoms with Gasteiger partial charge in [0.15, 0.2) is 0 Å². The van der Waals surface area contributed by atoms with Crippen molar-refractivity contribution in [1.82, 2.24) is 10.4 Å². The highest BCUT2D eigenvalue weighted by Gasteiger charge is 2.23. The zero-order valence-electron chi connectivity index (χ0n) is 10.7. The molecule has 1 aromatic carbocycles. The zero-order chi connectivity index (χ0) is 14.0. The Bertz CT molecular complexity index is 599. The highest BCUT2D eigenvalue weighted by Crippen LogP contribution is 2.27. The molecule has 3 nitrogen and oxygen atoms in total. The maximum atomic E-state index is 14.1. The van der Waals surface area contributed by atoms with Crippen LogP contribution in [0, 0.1) is 25.5 Å². The lowest BCUT2D eigenvalue weighted by atomic mass is 10.00. The quantitative estimate of drug-likeness (QED) is 0.661. The van der Waals surface area contributed by atoms with Gasteiger partial charge in [-0.3, -0.25) is 10.8 Å². The van der Waals surface area contributed by atoms with Crippen LogP contribution in [0.4, 0.5) is 8.78 Å². The fourth-order valence-corrected chi connectivity index (χ4v) is 1.98. The Morgan fingerprint density at radius 1 is 1.16 bits per heavy atom. The van der Waals surface area contributed by atoms with Gasteiger partial charge >= 0.3 is 0 Å². The predicted molar refractivity (Wildman–Crippen MR) is 69.2 cm³/mol. The third-order valence-corrected chi connectivity index (χ3v) is 2.98. The van der Waals surface area contributed by atoms with Crippen LogP contribution in [0.2, 0.25) is 0 Å². The number of halogens is 2. The molecule has 1 atom stereocenters. The van der Waals surface area contributed by atoms with E-state index in [0.717, 1.165) is 5.69 Å². The number of benzene rings is 1. The number of aryl methyl sites for hydroxylation is 2. The summed E-state index contributed by atoms with van der Waals surface area (Å²) in [5, 5.41) is 0. The molecule has 0 saturated heterocycles. The second-order valence-corrected chi connectivity index (χ2v) is 4.40. The maximum absolute atomic E-state index is 14.1. The summed E-state index contributed by atoms with van der Waals surface area (Å²) in [7, 11) is 0. The summed E-state index contributed by atoms with van der Waals surface area (Å²) in [4.78, 5) is 4.26. The van der Waals surface area contributed by atoms with Crippen molar-refractivity contribution in [3.63, 3.8) is 0 Å². The first-order valence-electron chi connectivity index (χ1n) is 5.88. The van der Waals surface area contributed by atoms with E-state index in [0.29, 0.717) is 11.3 Å². The molecule has 1 aromatic heterocycles. The van der Waals surface area contributed by atoms with Gasteiger partial charge in [0, 0.05) is 11.3 Å². The van der Waals surface area contributed by atoms with Crippen molar-refractivity contribution in [1.29, 1.82) is 0 Å². The summed E-state index contributed by atoms with van der Waals surface area (Å²) >= 11 is 0. The van der Waals surface area contributed by atoms with E-state index < -0.39 is 17.7 Å². The van der Waals surface area contributed by atoms with Gasteiger partial charge in [-0.05, 0) is 37.6 Å². The molecule has 0 aliphatic rings. The minimum atomic E-state index is -0.820. The van der Waals surface area contributed by atoms with Gasteiger partial charge in [-0.1, -0.05) is 12.1 Å². The van der Waals surface area contributed by atoms with Crippen LogP contribution in [-0.2, 0) is 0 Å². The number of hydrazine groups is 1. The Hall–Kier alpha value is -1.85. The first-order chi connectivity index (χ1) is 9.04. The van der Waals surface area contributed by atoms with Crippen molar-refractivity contribution in [3.05, 3.63) is 64.5 Å². The Kier molecular flexibility index (Phi) is 3.87. The van der Waals surface area contributed by atoms with Gasteiger partial charge in [-0.15, -0.1) is 0 Å². The zero-order valence-corrected chi connectivity index (χ0v) is 10.7. The van der Waals surface area contributed by atoms with Crippen molar-refractivity contribution < 1.29 is 8.78 Å². The lowest BCUT2D eigenvalue weighted by Gasteiger charge is -2.18. The lowest BCUT2D eigenvalue weighted by molar-refractivity contribution is 0.501. The smallest absolute Gasteiger partial charge is 0.134 e. The van der Waals surface area contributed by atoms with Gasteiger partial charge in [0.05, 0.1) is 11.7 Å². The van der Waals surface area contributed by atoms with Crippen molar-refractivity contribution in [2.24, 2.45) is 5.84 Å². The molecule has 0 radical (unpaired) electrons. The normalized spacial score (nSPS) is 12.5. The molecule has 19 heavy (non-hydrogen) atoms. The molecule has 100 valence electrons. The SMILES string of the molecule is Cc1cccc(C(NN)c2c(F)ccc(C)c2F)n1. The predicted octanol–water partition coefficient (Wildman–Crippen LogP) is 2.53.